The molecule has 2 heterocycles. The number of benzene rings is 2. The Hall–Kier alpha value is -3.32. The van der Waals surface area contributed by atoms with E-state index in [4.69, 9.17) is 9.47 Å². The highest BCUT2D eigenvalue weighted by Gasteiger charge is 2.45. The van der Waals surface area contributed by atoms with Gasteiger partial charge in [-0.15, -0.1) is 0 Å². The van der Waals surface area contributed by atoms with Gasteiger partial charge in [0.05, 0.1) is 11.6 Å². The number of hydrogen-bond donors (Lipinski definition) is 1. The van der Waals surface area contributed by atoms with Crippen molar-refractivity contribution in [1.29, 1.82) is 0 Å². The zero-order chi connectivity index (χ0) is 22.1. The van der Waals surface area contributed by atoms with Crippen molar-refractivity contribution in [1.82, 2.24) is 9.80 Å². The van der Waals surface area contributed by atoms with Gasteiger partial charge >= 0.3 is 0 Å². The molecule has 0 saturated carbocycles. The second-order valence-electron chi connectivity index (χ2n) is 8.06. The number of likely N-dealkylation sites (tertiary alicyclic amines) is 1. The standard InChI is InChI=1S/C24H26N2O5/c1-15-4-6-16(7-5-15)21-20(23(28)24(29)26(21)11-10-25(2)3)22(27)17-8-9-18-19(14-17)31-13-12-30-18/h4-9,14,21,27H,10-13H2,1-3H3/b22-20+/t21-/m0/s1. The summed E-state index contributed by atoms with van der Waals surface area (Å²) in [6.07, 6.45) is 0. The monoisotopic (exact) mass is 422 g/mol. The highest BCUT2D eigenvalue weighted by Crippen LogP contribution is 2.41. The summed E-state index contributed by atoms with van der Waals surface area (Å²) < 4.78 is 11.1. The van der Waals surface area contributed by atoms with Gasteiger partial charge in [0.25, 0.3) is 11.7 Å². The van der Waals surface area contributed by atoms with Crippen LogP contribution in [0.2, 0.25) is 0 Å². The van der Waals surface area contributed by atoms with E-state index < -0.39 is 17.7 Å². The molecular formula is C24H26N2O5. The number of Topliss-reactive ketones (excluding diaryl/α,β-unsaturated/α-hetero) is 1. The van der Waals surface area contributed by atoms with Crippen LogP contribution in [-0.2, 0) is 9.59 Å². The van der Waals surface area contributed by atoms with E-state index in [1.54, 1.807) is 18.2 Å². The highest BCUT2D eigenvalue weighted by atomic mass is 16.6. The van der Waals surface area contributed by atoms with Gasteiger partial charge < -0.3 is 24.4 Å². The second-order valence-corrected chi connectivity index (χ2v) is 8.06. The van der Waals surface area contributed by atoms with Gasteiger partial charge in [0.15, 0.2) is 11.5 Å². The van der Waals surface area contributed by atoms with Crippen LogP contribution >= 0.6 is 0 Å². The summed E-state index contributed by atoms with van der Waals surface area (Å²) >= 11 is 0. The van der Waals surface area contributed by atoms with Gasteiger partial charge in [-0.05, 0) is 44.8 Å². The molecule has 7 nitrogen and oxygen atoms in total. The predicted molar refractivity (Wildman–Crippen MR) is 116 cm³/mol. The fourth-order valence-electron chi connectivity index (χ4n) is 3.86. The molecular weight excluding hydrogens is 396 g/mol. The van der Waals surface area contributed by atoms with E-state index in [2.05, 4.69) is 0 Å². The topological polar surface area (TPSA) is 79.3 Å². The molecule has 1 atom stereocenters. The molecule has 0 bridgehead atoms. The Balaban J connectivity index is 1.81. The van der Waals surface area contributed by atoms with E-state index in [1.807, 2.05) is 50.2 Å². The number of hydrogen-bond acceptors (Lipinski definition) is 6. The Kier molecular flexibility index (Phi) is 5.69. The van der Waals surface area contributed by atoms with Crippen molar-refractivity contribution in [2.24, 2.45) is 0 Å². The Bertz CT molecular complexity index is 1040. The molecule has 0 spiro atoms. The lowest BCUT2D eigenvalue weighted by Gasteiger charge is -2.26. The van der Waals surface area contributed by atoms with Crippen LogP contribution in [0.25, 0.3) is 5.76 Å². The summed E-state index contributed by atoms with van der Waals surface area (Å²) in [6, 6.07) is 12.0. The predicted octanol–water partition coefficient (Wildman–Crippen LogP) is 2.75. The quantitative estimate of drug-likeness (QED) is 0.454. The lowest BCUT2D eigenvalue weighted by Crippen LogP contribution is -2.35. The summed E-state index contributed by atoms with van der Waals surface area (Å²) in [6.45, 7) is 3.81. The van der Waals surface area contributed by atoms with Crippen LogP contribution in [0, 0.1) is 6.92 Å². The first kappa shape index (κ1) is 20.9. The van der Waals surface area contributed by atoms with E-state index in [-0.39, 0.29) is 11.3 Å². The average molecular weight is 422 g/mol. The SMILES string of the molecule is Cc1ccc([C@H]2/C(=C(\O)c3ccc4c(c3)OCCO4)C(=O)C(=O)N2CCN(C)C)cc1. The van der Waals surface area contributed by atoms with Crippen molar-refractivity contribution in [2.75, 3.05) is 40.4 Å². The maximum atomic E-state index is 13.0. The molecule has 4 rings (SSSR count). The average Bonchev–Trinajstić information content (AvgIpc) is 3.02. The normalized spacial score (nSPS) is 19.9. The molecule has 2 aromatic rings. The number of ketones is 1. The van der Waals surface area contributed by atoms with Crippen molar-refractivity contribution >= 4 is 17.4 Å². The summed E-state index contributed by atoms with van der Waals surface area (Å²) in [5.41, 5.74) is 2.35. The van der Waals surface area contributed by atoms with Crippen molar-refractivity contribution in [3.63, 3.8) is 0 Å². The number of aliphatic hydroxyl groups is 1. The molecule has 0 aromatic heterocycles. The lowest BCUT2D eigenvalue weighted by atomic mass is 9.94. The third kappa shape index (κ3) is 4.01. The first-order chi connectivity index (χ1) is 14.9. The minimum Gasteiger partial charge on any atom is -0.507 e. The summed E-state index contributed by atoms with van der Waals surface area (Å²) in [5, 5.41) is 11.2. The molecule has 2 aliphatic heterocycles. The smallest absolute Gasteiger partial charge is 0.295 e. The Labute approximate surface area is 181 Å². The maximum Gasteiger partial charge on any atom is 0.295 e. The molecule has 0 aliphatic carbocycles. The van der Waals surface area contributed by atoms with Crippen molar-refractivity contribution in [3.05, 3.63) is 64.7 Å². The molecule has 0 radical (unpaired) electrons. The van der Waals surface area contributed by atoms with Gasteiger partial charge in [0.1, 0.15) is 19.0 Å². The Morgan fingerprint density at radius 3 is 2.42 bits per heavy atom. The van der Waals surface area contributed by atoms with Crippen LogP contribution in [0.3, 0.4) is 0 Å². The lowest BCUT2D eigenvalue weighted by molar-refractivity contribution is -0.140. The number of likely N-dealkylation sites (N-methyl/N-ethyl adjacent to an activating group) is 1. The summed E-state index contributed by atoms with van der Waals surface area (Å²) in [4.78, 5) is 29.4. The molecule has 31 heavy (non-hydrogen) atoms. The summed E-state index contributed by atoms with van der Waals surface area (Å²) in [7, 11) is 3.82. The molecule has 162 valence electrons. The van der Waals surface area contributed by atoms with Crippen LogP contribution < -0.4 is 9.47 Å². The molecule has 2 aliphatic rings. The minimum atomic E-state index is -0.684. The largest absolute Gasteiger partial charge is 0.507 e. The fraction of sp³-hybridized carbons (Fsp3) is 0.333. The van der Waals surface area contributed by atoms with Gasteiger partial charge in [0.2, 0.25) is 0 Å². The van der Waals surface area contributed by atoms with Crippen LogP contribution in [0.15, 0.2) is 48.0 Å². The van der Waals surface area contributed by atoms with Gasteiger partial charge in [-0.2, -0.15) is 0 Å². The van der Waals surface area contributed by atoms with Crippen LogP contribution in [0.5, 0.6) is 11.5 Å². The second kappa shape index (κ2) is 8.43. The first-order valence-corrected chi connectivity index (χ1v) is 10.3. The van der Waals surface area contributed by atoms with Crippen molar-refractivity contribution in [2.45, 2.75) is 13.0 Å². The molecule has 1 fully saturated rings. The number of aliphatic hydroxyl groups excluding tert-OH is 1. The number of amides is 1. The van der Waals surface area contributed by atoms with Crippen LogP contribution in [0.1, 0.15) is 22.7 Å². The van der Waals surface area contributed by atoms with Crippen LogP contribution in [0.4, 0.5) is 0 Å². The summed E-state index contributed by atoms with van der Waals surface area (Å²) in [5.74, 6) is -0.412. The van der Waals surface area contributed by atoms with Gasteiger partial charge in [-0.3, -0.25) is 9.59 Å². The van der Waals surface area contributed by atoms with E-state index in [9.17, 15) is 14.7 Å². The number of rotatable bonds is 5. The van der Waals surface area contributed by atoms with Crippen molar-refractivity contribution < 1.29 is 24.2 Å². The van der Waals surface area contributed by atoms with Gasteiger partial charge in [-0.1, -0.05) is 29.8 Å². The third-order valence-electron chi connectivity index (χ3n) is 5.54. The fourth-order valence-corrected chi connectivity index (χ4v) is 3.86. The molecule has 0 unspecified atom stereocenters. The molecule has 1 N–H and O–H groups in total. The Morgan fingerprint density at radius 1 is 1.06 bits per heavy atom. The maximum absolute atomic E-state index is 13.0. The number of fused-ring (bicyclic) bond motifs is 1. The van der Waals surface area contributed by atoms with Crippen LogP contribution in [-0.4, -0.2) is 67.0 Å². The highest BCUT2D eigenvalue weighted by molar-refractivity contribution is 6.46. The third-order valence-corrected chi connectivity index (χ3v) is 5.54. The van der Waals surface area contributed by atoms with E-state index in [0.29, 0.717) is 43.4 Å². The van der Waals surface area contributed by atoms with E-state index in [0.717, 1.165) is 11.1 Å². The minimum absolute atomic E-state index is 0.0873. The van der Waals surface area contributed by atoms with Gasteiger partial charge in [-0.25, -0.2) is 0 Å². The molecule has 2 aromatic carbocycles. The Morgan fingerprint density at radius 2 is 1.74 bits per heavy atom. The van der Waals surface area contributed by atoms with Gasteiger partial charge in [0, 0.05) is 18.7 Å². The number of aryl methyl sites for hydroxylation is 1. The zero-order valence-electron chi connectivity index (χ0n) is 17.9. The number of carbonyl (C=O) groups is 2. The zero-order valence-corrected chi connectivity index (χ0v) is 17.9. The number of ether oxygens (including phenoxy) is 2. The first-order valence-electron chi connectivity index (χ1n) is 10.3. The molecule has 7 heteroatoms. The molecule has 1 amide bonds. The number of carbonyl (C=O) groups excluding carboxylic acids is 2. The van der Waals surface area contributed by atoms with Crippen molar-refractivity contribution in [3.8, 4) is 11.5 Å². The van der Waals surface area contributed by atoms with E-state index >= 15 is 0 Å². The molecule has 1 saturated heterocycles. The van der Waals surface area contributed by atoms with E-state index in [1.165, 1.54) is 4.90 Å². The number of nitrogens with zero attached hydrogens (tertiary/aromatic N) is 2.